The molecule has 35 heavy (non-hydrogen) atoms. The van der Waals surface area contributed by atoms with Gasteiger partial charge in [-0.15, -0.1) is 0 Å². The van der Waals surface area contributed by atoms with Crippen molar-refractivity contribution in [3.63, 3.8) is 0 Å². The Morgan fingerprint density at radius 2 is 0.943 bits per heavy atom. The van der Waals surface area contributed by atoms with Gasteiger partial charge in [0.2, 0.25) is 0 Å². The van der Waals surface area contributed by atoms with Gasteiger partial charge in [-0.3, -0.25) is 0 Å². The Kier molecular flexibility index (Phi) is 9.33. The average Bonchev–Trinajstić information content (AvgIpc) is 2.90. The lowest BCUT2D eigenvalue weighted by molar-refractivity contribution is 0.696. The summed E-state index contributed by atoms with van der Waals surface area (Å²) < 4.78 is 0. The van der Waals surface area contributed by atoms with Crippen molar-refractivity contribution in [1.29, 1.82) is 0 Å². The van der Waals surface area contributed by atoms with Crippen LogP contribution >= 0.6 is 0 Å². The van der Waals surface area contributed by atoms with Gasteiger partial charge in [-0.25, -0.2) is 0 Å². The minimum absolute atomic E-state index is 0.189. The Morgan fingerprint density at radius 3 is 1.23 bits per heavy atom. The monoisotopic (exact) mass is 470 g/mol. The Morgan fingerprint density at radius 1 is 0.600 bits per heavy atom. The van der Waals surface area contributed by atoms with Crippen LogP contribution in [0.15, 0.2) is 48.5 Å². The van der Waals surface area contributed by atoms with Gasteiger partial charge in [0.05, 0.1) is 0 Å². The number of aryl methyl sites for hydroxylation is 5. The summed E-state index contributed by atoms with van der Waals surface area (Å²) in [5, 5.41) is 0. The molecular weight excluding hydrogens is 424 g/mol. The molecule has 3 aromatic carbocycles. The van der Waals surface area contributed by atoms with E-state index in [1.54, 1.807) is 0 Å². The number of hydrogen-bond acceptors (Lipinski definition) is 2. The highest BCUT2D eigenvalue weighted by molar-refractivity contribution is 5.51. The van der Waals surface area contributed by atoms with Crippen LogP contribution in [0.5, 0.6) is 0 Å². The zero-order chi connectivity index (χ0) is 25.7. The van der Waals surface area contributed by atoms with E-state index in [9.17, 15) is 0 Å². The Balaban J connectivity index is 2.21. The van der Waals surface area contributed by atoms with Crippen LogP contribution in [0.4, 0.5) is 0 Å². The van der Waals surface area contributed by atoms with Gasteiger partial charge in [0.15, 0.2) is 0 Å². The van der Waals surface area contributed by atoms with Gasteiger partial charge in [-0.05, 0) is 82.7 Å². The lowest BCUT2D eigenvalue weighted by Crippen LogP contribution is -2.25. The molecule has 0 saturated carbocycles. The number of rotatable bonds is 10. The Hall–Kier alpha value is -2.42. The van der Waals surface area contributed by atoms with E-state index in [2.05, 4.69) is 97.0 Å². The number of benzene rings is 3. The third-order valence-electron chi connectivity index (χ3n) is 7.73. The van der Waals surface area contributed by atoms with Gasteiger partial charge in [0, 0.05) is 24.4 Å². The molecule has 0 radical (unpaired) electrons. The zero-order valence-corrected chi connectivity index (χ0v) is 23.0. The fraction of sp³-hybridized carbons (Fsp3) is 0.455. The van der Waals surface area contributed by atoms with E-state index in [1.165, 1.54) is 55.6 Å². The van der Waals surface area contributed by atoms with Crippen molar-refractivity contribution < 1.29 is 0 Å². The third-order valence-corrected chi connectivity index (χ3v) is 7.73. The second kappa shape index (κ2) is 12.0. The molecule has 188 valence electrons. The van der Waals surface area contributed by atoms with Crippen molar-refractivity contribution in [3.8, 4) is 0 Å². The van der Waals surface area contributed by atoms with Crippen LogP contribution < -0.4 is 11.5 Å². The molecule has 0 amide bonds. The van der Waals surface area contributed by atoms with Crippen LogP contribution in [0.3, 0.4) is 0 Å². The maximum atomic E-state index is 6.78. The summed E-state index contributed by atoms with van der Waals surface area (Å²) in [6.45, 7) is 16.3. The van der Waals surface area contributed by atoms with Gasteiger partial charge >= 0.3 is 0 Å². The van der Waals surface area contributed by atoms with Crippen molar-refractivity contribution in [2.45, 2.75) is 92.0 Å². The number of nitrogens with two attached hydrogens (primary N) is 2. The highest BCUT2D eigenvalue weighted by Gasteiger charge is 2.24. The maximum absolute atomic E-state index is 6.78. The molecule has 0 aliphatic heterocycles. The predicted molar refractivity (Wildman–Crippen MR) is 153 cm³/mol. The summed E-state index contributed by atoms with van der Waals surface area (Å²) in [5.74, 6) is 0.497. The Labute approximate surface area is 214 Å². The summed E-state index contributed by atoms with van der Waals surface area (Å²) in [4.78, 5) is 0. The van der Waals surface area contributed by atoms with Crippen molar-refractivity contribution in [1.82, 2.24) is 0 Å². The average molecular weight is 471 g/mol. The molecule has 0 aliphatic carbocycles. The standard InChI is InChI=1S/C33H46N2/c1-8-24-14-25(9-2)17-28(16-24)22(6)30-12-21(5)13-31(33(30)32(35)20-34)23(7)29-18-26(10-3)15-27(11-4)19-29/h12-19,22-23,32H,8-11,20,34-35H2,1-7H3/t22-,23-,32?/m1/s1. The molecule has 0 bridgehead atoms. The summed E-state index contributed by atoms with van der Waals surface area (Å²) >= 11 is 0. The van der Waals surface area contributed by atoms with Gasteiger partial charge in [0.1, 0.15) is 0 Å². The molecule has 0 aliphatic rings. The van der Waals surface area contributed by atoms with Gasteiger partial charge in [0.25, 0.3) is 0 Å². The number of hydrogen-bond donors (Lipinski definition) is 2. The quantitative estimate of drug-likeness (QED) is 0.322. The molecule has 1 unspecified atom stereocenters. The van der Waals surface area contributed by atoms with Crippen LogP contribution in [-0.2, 0) is 25.7 Å². The molecule has 0 fully saturated rings. The van der Waals surface area contributed by atoms with E-state index < -0.39 is 0 Å². The van der Waals surface area contributed by atoms with E-state index in [0.717, 1.165) is 25.7 Å². The second-order valence-corrected chi connectivity index (χ2v) is 10.2. The fourth-order valence-corrected chi connectivity index (χ4v) is 5.38. The highest BCUT2D eigenvalue weighted by Crippen LogP contribution is 2.38. The predicted octanol–water partition coefficient (Wildman–Crippen LogP) is 7.51. The molecule has 3 rings (SSSR count). The van der Waals surface area contributed by atoms with E-state index in [0.29, 0.717) is 6.54 Å². The SMILES string of the molecule is CCc1cc(CC)cc([C@@H](C)c2cc(C)cc([C@H](C)c3cc(CC)cc(CC)c3)c2C(N)CN)c1. The molecule has 4 N–H and O–H groups in total. The fourth-order valence-electron chi connectivity index (χ4n) is 5.38. The van der Waals surface area contributed by atoms with Gasteiger partial charge in [-0.1, -0.05) is 95.6 Å². The van der Waals surface area contributed by atoms with Crippen molar-refractivity contribution in [3.05, 3.63) is 104 Å². The minimum Gasteiger partial charge on any atom is -0.329 e. The van der Waals surface area contributed by atoms with Crippen molar-refractivity contribution >= 4 is 0 Å². The molecule has 0 saturated heterocycles. The zero-order valence-electron chi connectivity index (χ0n) is 23.0. The van der Waals surface area contributed by atoms with Crippen LogP contribution in [0, 0.1) is 6.92 Å². The van der Waals surface area contributed by atoms with Crippen LogP contribution in [0.25, 0.3) is 0 Å². The normalized spacial score (nSPS) is 14.1. The molecule has 2 nitrogen and oxygen atoms in total. The largest absolute Gasteiger partial charge is 0.329 e. The first-order valence-corrected chi connectivity index (χ1v) is 13.6. The van der Waals surface area contributed by atoms with Crippen molar-refractivity contribution in [2.75, 3.05) is 6.54 Å². The van der Waals surface area contributed by atoms with E-state index in [-0.39, 0.29) is 17.9 Å². The molecular formula is C33H46N2. The smallest absolute Gasteiger partial charge is 0.0425 e. The van der Waals surface area contributed by atoms with E-state index in [1.807, 2.05) is 0 Å². The van der Waals surface area contributed by atoms with Crippen LogP contribution in [0.1, 0.15) is 115 Å². The summed E-state index contributed by atoms with van der Waals surface area (Å²) in [6.07, 6.45) is 4.19. The maximum Gasteiger partial charge on any atom is 0.0425 e. The van der Waals surface area contributed by atoms with E-state index >= 15 is 0 Å². The first kappa shape index (κ1) is 27.2. The molecule has 0 heterocycles. The minimum atomic E-state index is -0.189. The second-order valence-electron chi connectivity index (χ2n) is 10.2. The van der Waals surface area contributed by atoms with Gasteiger partial charge in [-0.2, -0.15) is 0 Å². The molecule has 0 spiro atoms. The Bertz CT molecular complexity index is 1020. The van der Waals surface area contributed by atoms with Crippen LogP contribution in [-0.4, -0.2) is 6.54 Å². The van der Waals surface area contributed by atoms with Crippen molar-refractivity contribution in [2.24, 2.45) is 11.5 Å². The molecule has 3 aromatic rings. The lowest BCUT2D eigenvalue weighted by atomic mass is 9.78. The van der Waals surface area contributed by atoms with Crippen LogP contribution in [0.2, 0.25) is 0 Å². The molecule has 2 heteroatoms. The lowest BCUT2D eigenvalue weighted by Gasteiger charge is -2.28. The topological polar surface area (TPSA) is 52.0 Å². The first-order chi connectivity index (χ1) is 16.8. The van der Waals surface area contributed by atoms with Gasteiger partial charge < -0.3 is 11.5 Å². The summed E-state index contributed by atoms with van der Waals surface area (Å²) in [5.41, 5.74) is 26.5. The first-order valence-electron chi connectivity index (χ1n) is 13.6. The molecule has 3 atom stereocenters. The van der Waals surface area contributed by atoms with E-state index in [4.69, 9.17) is 11.5 Å². The third kappa shape index (κ3) is 6.05. The molecule has 0 aromatic heterocycles. The summed E-state index contributed by atoms with van der Waals surface area (Å²) in [6, 6.07) is 18.7. The highest BCUT2D eigenvalue weighted by atomic mass is 14.7. The summed E-state index contributed by atoms with van der Waals surface area (Å²) in [7, 11) is 0.